The zero-order valence-corrected chi connectivity index (χ0v) is 19.7. The molecule has 172 valence electrons. The van der Waals surface area contributed by atoms with E-state index in [1.54, 1.807) is 11.3 Å². The fourth-order valence-electron chi connectivity index (χ4n) is 5.06. The molecule has 0 aliphatic heterocycles. The zero-order chi connectivity index (χ0) is 23.9. The number of rotatable bonds is 4. The highest BCUT2D eigenvalue weighted by molar-refractivity contribution is 7.15. The van der Waals surface area contributed by atoms with Crippen LogP contribution in [0.2, 0.25) is 0 Å². The minimum Gasteiger partial charge on any atom is -0.465 e. The Morgan fingerprint density at radius 2 is 2.00 bits per heavy atom. The van der Waals surface area contributed by atoms with Crippen molar-refractivity contribution in [2.45, 2.75) is 31.8 Å². The van der Waals surface area contributed by atoms with Gasteiger partial charge in [-0.15, -0.1) is 11.3 Å². The van der Waals surface area contributed by atoms with Gasteiger partial charge in [-0.1, -0.05) is 48.5 Å². The molecule has 1 unspecified atom stereocenters. The van der Waals surface area contributed by atoms with E-state index in [4.69, 9.17) is 10.1 Å². The first kappa shape index (κ1) is 21.4. The maximum Gasteiger partial charge on any atom is 0.404 e. The van der Waals surface area contributed by atoms with E-state index in [1.165, 1.54) is 21.2 Å². The number of amides is 1. The molecule has 6 rings (SSSR count). The molecular formula is C28H22N4O2S. The summed E-state index contributed by atoms with van der Waals surface area (Å²) >= 11 is 1.69. The molecule has 0 saturated heterocycles. The number of carboxylic acid groups (broad SMARTS) is 1. The lowest BCUT2D eigenvalue weighted by Crippen LogP contribution is -2.37. The first-order chi connectivity index (χ1) is 17.1. The molecule has 1 aliphatic carbocycles. The minimum absolute atomic E-state index is 0.102. The van der Waals surface area contributed by atoms with Gasteiger partial charge in [0.05, 0.1) is 28.5 Å². The lowest BCUT2D eigenvalue weighted by Gasteiger charge is -2.20. The van der Waals surface area contributed by atoms with Crippen LogP contribution in [0.4, 0.5) is 4.79 Å². The van der Waals surface area contributed by atoms with E-state index in [0.717, 1.165) is 40.1 Å². The van der Waals surface area contributed by atoms with Crippen LogP contribution in [0.3, 0.4) is 0 Å². The quantitative estimate of drug-likeness (QED) is 0.333. The van der Waals surface area contributed by atoms with Gasteiger partial charge in [0.2, 0.25) is 0 Å². The van der Waals surface area contributed by atoms with Gasteiger partial charge in [-0.25, -0.2) is 9.78 Å². The van der Waals surface area contributed by atoms with Crippen LogP contribution in [0.5, 0.6) is 0 Å². The Kier molecular flexibility index (Phi) is 5.24. The summed E-state index contributed by atoms with van der Waals surface area (Å²) in [5.41, 5.74) is 4.84. The monoisotopic (exact) mass is 478 g/mol. The molecule has 1 atom stereocenters. The number of nitrogens with zero attached hydrogens (tertiary/aromatic N) is 3. The van der Waals surface area contributed by atoms with E-state index in [1.807, 2.05) is 24.3 Å². The normalized spacial score (nSPS) is 15.1. The number of benzene rings is 3. The molecular weight excluding hydrogens is 456 g/mol. The molecule has 3 aromatic carbocycles. The van der Waals surface area contributed by atoms with Crippen LogP contribution in [0, 0.1) is 11.3 Å². The van der Waals surface area contributed by atoms with Crippen molar-refractivity contribution in [3.63, 3.8) is 0 Å². The number of fused-ring (bicyclic) bond motifs is 3. The largest absolute Gasteiger partial charge is 0.465 e. The van der Waals surface area contributed by atoms with E-state index in [2.05, 4.69) is 58.4 Å². The molecule has 5 aromatic rings. The minimum atomic E-state index is -0.989. The molecule has 0 bridgehead atoms. The van der Waals surface area contributed by atoms with Gasteiger partial charge >= 0.3 is 6.09 Å². The van der Waals surface area contributed by atoms with Crippen molar-refractivity contribution in [1.82, 2.24) is 14.9 Å². The van der Waals surface area contributed by atoms with E-state index < -0.39 is 6.09 Å². The number of hydrogen-bond acceptors (Lipinski definition) is 4. The predicted molar refractivity (Wildman–Crippen MR) is 138 cm³/mol. The molecule has 7 heteroatoms. The summed E-state index contributed by atoms with van der Waals surface area (Å²) in [6.45, 7) is 0.655. The molecule has 0 fully saturated rings. The van der Waals surface area contributed by atoms with Gasteiger partial charge in [0, 0.05) is 29.3 Å². The topological polar surface area (TPSA) is 90.9 Å². The molecule has 35 heavy (non-hydrogen) atoms. The maximum absolute atomic E-state index is 11.1. The predicted octanol–water partition coefficient (Wildman–Crippen LogP) is 5.96. The van der Waals surface area contributed by atoms with Gasteiger partial charge in [0.1, 0.15) is 5.01 Å². The van der Waals surface area contributed by atoms with Crippen molar-refractivity contribution in [2.75, 3.05) is 0 Å². The Balaban J connectivity index is 1.47. The fraction of sp³-hybridized carbons (Fsp3) is 0.179. The van der Waals surface area contributed by atoms with E-state index >= 15 is 0 Å². The highest BCUT2D eigenvalue weighted by Gasteiger charge is 2.25. The summed E-state index contributed by atoms with van der Waals surface area (Å²) in [7, 11) is 0. The van der Waals surface area contributed by atoms with Gasteiger partial charge in [0.15, 0.2) is 0 Å². The summed E-state index contributed by atoms with van der Waals surface area (Å²) in [4.78, 5) is 17.3. The van der Waals surface area contributed by atoms with Crippen LogP contribution in [-0.2, 0) is 19.4 Å². The molecule has 0 spiro atoms. The first-order valence-electron chi connectivity index (χ1n) is 11.6. The number of nitrogens with one attached hydrogen (secondary N) is 1. The lowest BCUT2D eigenvalue weighted by molar-refractivity contribution is 0.188. The van der Waals surface area contributed by atoms with Gasteiger partial charge in [-0.3, -0.25) is 0 Å². The Labute approximate surface area is 206 Å². The summed E-state index contributed by atoms with van der Waals surface area (Å²) < 4.78 is 2.26. The van der Waals surface area contributed by atoms with Crippen LogP contribution in [0.1, 0.15) is 28.1 Å². The zero-order valence-electron chi connectivity index (χ0n) is 18.9. The van der Waals surface area contributed by atoms with Crippen molar-refractivity contribution in [3.05, 3.63) is 88.4 Å². The van der Waals surface area contributed by atoms with Gasteiger partial charge in [-0.2, -0.15) is 5.26 Å². The number of aryl methyl sites for hydroxylation is 1. The fourth-order valence-corrected chi connectivity index (χ4v) is 6.19. The molecule has 2 aromatic heterocycles. The van der Waals surface area contributed by atoms with Crippen LogP contribution in [-0.4, -0.2) is 26.8 Å². The molecule has 0 radical (unpaired) electrons. The third-order valence-electron chi connectivity index (χ3n) is 6.73. The second kappa shape index (κ2) is 8.57. The Bertz CT molecular complexity index is 1640. The second-order valence-corrected chi connectivity index (χ2v) is 10.0. The summed E-state index contributed by atoms with van der Waals surface area (Å²) in [5.74, 6) is 0. The van der Waals surface area contributed by atoms with Crippen molar-refractivity contribution in [2.24, 2.45) is 0 Å². The van der Waals surface area contributed by atoms with Crippen molar-refractivity contribution < 1.29 is 9.90 Å². The van der Waals surface area contributed by atoms with Gasteiger partial charge < -0.3 is 15.0 Å². The summed E-state index contributed by atoms with van der Waals surface area (Å²) in [6.07, 6.45) is 1.23. The molecule has 6 nitrogen and oxygen atoms in total. The van der Waals surface area contributed by atoms with Gasteiger partial charge in [0.25, 0.3) is 0 Å². The van der Waals surface area contributed by atoms with Gasteiger partial charge in [-0.05, 0) is 47.4 Å². The third kappa shape index (κ3) is 3.92. The highest BCUT2D eigenvalue weighted by atomic mass is 32.1. The molecule has 0 saturated carbocycles. The smallest absolute Gasteiger partial charge is 0.404 e. The van der Waals surface area contributed by atoms with Crippen molar-refractivity contribution in [3.8, 4) is 16.8 Å². The van der Waals surface area contributed by atoms with Crippen LogP contribution >= 0.6 is 11.3 Å². The summed E-state index contributed by atoms with van der Waals surface area (Å²) in [6, 6.07) is 24.9. The Morgan fingerprint density at radius 3 is 2.86 bits per heavy atom. The molecule has 1 aliphatic rings. The van der Waals surface area contributed by atoms with Crippen LogP contribution in [0.25, 0.3) is 32.4 Å². The third-order valence-corrected chi connectivity index (χ3v) is 7.91. The Hall–Kier alpha value is -4.15. The average molecular weight is 479 g/mol. The number of aromatic nitrogens is 2. The van der Waals surface area contributed by atoms with Crippen LogP contribution in [0.15, 0.2) is 66.7 Å². The number of hydrogen-bond donors (Lipinski definition) is 2. The highest BCUT2D eigenvalue weighted by Crippen LogP contribution is 2.37. The maximum atomic E-state index is 11.1. The second-order valence-electron chi connectivity index (χ2n) is 8.92. The Morgan fingerprint density at radius 1 is 1.14 bits per heavy atom. The van der Waals surface area contributed by atoms with Crippen molar-refractivity contribution >= 4 is 39.1 Å². The standard InChI is InChI=1S/C28H22N4O2S/c29-15-17-8-9-19-13-25(27-31-23-14-21(30-28(33)34)10-11-26(23)35-27)32(24(19)12-17)16-20-6-3-5-18-4-1-2-7-22(18)20/h1-9,12-13,21,30H,10-11,14,16H2,(H,33,34). The van der Waals surface area contributed by atoms with Crippen LogP contribution < -0.4 is 5.32 Å². The molecule has 2 N–H and O–H groups in total. The van der Waals surface area contributed by atoms with E-state index in [-0.39, 0.29) is 6.04 Å². The first-order valence-corrected chi connectivity index (χ1v) is 12.4. The van der Waals surface area contributed by atoms with E-state index in [9.17, 15) is 10.1 Å². The number of carbonyl (C=O) groups is 1. The SMILES string of the molecule is N#Cc1ccc2cc(-c3nc4c(s3)CCC(NC(=O)O)C4)n(Cc3cccc4ccccc34)c2c1. The molecule has 1 amide bonds. The summed E-state index contributed by atoms with van der Waals surface area (Å²) in [5, 5.41) is 25.7. The lowest BCUT2D eigenvalue weighted by atomic mass is 9.98. The average Bonchev–Trinajstić information content (AvgIpc) is 3.44. The van der Waals surface area contributed by atoms with E-state index in [0.29, 0.717) is 18.5 Å². The van der Waals surface area contributed by atoms with Crippen molar-refractivity contribution in [1.29, 1.82) is 5.26 Å². The number of thiazole rings is 1. The number of nitriles is 1. The molecule has 2 heterocycles.